The van der Waals surface area contributed by atoms with E-state index in [1.165, 1.54) is 13.2 Å². The molecular weight excluding hydrogens is 689 g/mol. The molecule has 288 valence electrons. The number of hydrogen-bond donors (Lipinski definition) is 5. The smallest absolute Gasteiger partial charge is 0.328 e. The quantitative estimate of drug-likeness (QED) is 0.106. The maximum Gasteiger partial charge on any atom is 0.328 e. The monoisotopic (exact) mass is 744 g/mol. The maximum absolute atomic E-state index is 14.1. The second-order valence-electron chi connectivity index (χ2n) is 13.9. The highest BCUT2D eigenvalue weighted by atomic mass is 32.2. The van der Waals surface area contributed by atoms with Gasteiger partial charge in [0.15, 0.2) is 0 Å². The number of rotatable bonds is 19. The Morgan fingerprint density at radius 3 is 2.02 bits per heavy atom. The van der Waals surface area contributed by atoms with Gasteiger partial charge in [0.1, 0.15) is 18.1 Å². The third-order valence-corrected chi connectivity index (χ3v) is 9.20. The molecule has 0 unspecified atom stereocenters. The van der Waals surface area contributed by atoms with Gasteiger partial charge in [0.05, 0.1) is 19.8 Å². The number of hydrazine groups is 1. The van der Waals surface area contributed by atoms with Crippen LogP contribution in [-0.4, -0.2) is 80.6 Å². The zero-order chi connectivity index (χ0) is 39.2. The number of aryl methyl sites for hydroxylation is 1. The summed E-state index contributed by atoms with van der Waals surface area (Å²) in [4.78, 5) is 67.9. The summed E-state index contributed by atoms with van der Waals surface area (Å²) >= 11 is 0. The molecule has 2 rings (SSSR count). The van der Waals surface area contributed by atoms with Crippen molar-refractivity contribution in [2.75, 3.05) is 18.1 Å². The van der Waals surface area contributed by atoms with Crippen molar-refractivity contribution < 1.29 is 37.1 Å². The lowest BCUT2D eigenvalue weighted by Crippen LogP contribution is -2.64. The van der Waals surface area contributed by atoms with E-state index < -0.39 is 75.6 Å². The molecule has 0 aromatic heterocycles. The molecule has 6 N–H and O–H groups in total. The normalized spacial score (nSPS) is 14.4. The Bertz CT molecular complexity index is 1620. The Kier molecular flexibility index (Phi) is 17.2. The summed E-state index contributed by atoms with van der Waals surface area (Å²) in [6.45, 7) is 10.5. The van der Waals surface area contributed by atoms with Crippen molar-refractivity contribution in [1.82, 2.24) is 21.1 Å². The van der Waals surface area contributed by atoms with Gasteiger partial charge in [-0.25, -0.2) is 18.2 Å². The van der Waals surface area contributed by atoms with Gasteiger partial charge in [0.2, 0.25) is 27.7 Å². The Balaban J connectivity index is 2.40. The summed E-state index contributed by atoms with van der Waals surface area (Å²) in [6.07, 6.45) is 2.15. The van der Waals surface area contributed by atoms with Crippen molar-refractivity contribution >= 4 is 45.3 Å². The van der Waals surface area contributed by atoms with Gasteiger partial charge < -0.3 is 21.1 Å². The van der Waals surface area contributed by atoms with Crippen LogP contribution >= 0.6 is 0 Å². The van der Waals surface area contributed by atoms with Crippen LogP contribution in [-0.2, 0) is 51.6 Å². The van der Waals surface area contributed by atoms with Gasteiger partial charge in [0.25, 0.3) is 5.91 Å². The highest BCUT2D eigenvalue weighted by Crippen LogP contribution is 2.19. The molecule has 5 atom stereocenters. The molecule has 4 amide bonds. The Morgan fingerprint density at radius 2 is 1.46 bits per heavy atom. The lowest BCUT2D eigenvalue weighted by molar-refractivity contribution is -0.154. The summed E-state index contributed by atoms with van der Waals surface area (Å²) < 4.78 is 30.6. The van der Waals surface area contributed by atoms with Crippen molar-refractivity contribution in [1.29, 1.82) is 0 Å². The van der Waals surface area contributed by atoms with Gasteiger partial charge in [-0.1, -0.05) is 90.4 Å². The zero-order valence-corrected chi connectivity index (χ0v) is 32.3. The lowest BCUT2D eigenvalue weighted by Gasteiger charge is -2.37. The van der Waals surface area contributed by atoms with E-state index in [0.29, 0.717) is 24.8 Å². The second kappa shape index (κ2) is 20.5. The molecule has 0 fully saturated rings. The number of benzene rings is 2. The summed E-state index contributed by atoms with van der Waals surface area (Å²) in [7, 11) is -2.33. The molecule has 0 aliphatic carbocycles. The van der Waals surface area contributed by atoms with Crippen molar-refractivity contribution in [3.05, 3.63) is 65.7 Å². The summed E-state index contributed by atoms with van der Waals surface area (Å²) in [5.41, 5.74) is 10.9. The number of carbonyl (C=O) groups excluding carboxylic acids is 5. The van der Waals surface area contributed by atoms with Crippen LogP contribution in [0.3, 0.4) is 0 Å². The molecule has 0 spiro atoms. The van der Waals surface area contributed by atoms with Crippen molar-refractivity contribution in [3.63, 3.8) is 0 Å². The van der Waals surface area contributed by atoms with Crippen LogP contribution < -0.4 is 26.5 Å². The van der Waals surface area contributed by atoms with Gasteiger partial charge in [-0.3, -0.25) is 29.3 Å². The van der Waals surface area contributed by atoms with Crippen LogP contribution in [0.1, 0.15) is 71.9 Å². The van der Waals surface area contributed by atoms with E-state index in [-0.39, 0.29) is 24.4 Å². The van der Waals surface area contributed by atoms with Gasteiger partial charge >= 0.3 is 5.97 Å². The van der Waals surface area contributed by atoms with Crippen LogP contribution in [0.2, 0.25) is 0 Å². The fourth-order valence-corrected chi connectivity index (χ4v) is 6.07. The zero-order valence-electron chi connectivity index (χ0n) is 31.5. The van der Waals surface area contributed by atoms with Crippen LogP contribution in [0.25, 0.3) is 0 Å². The third kappa shape index (κ3) is 14.3. The summed E-state index contributed by atoms with van der Waals surface area (Å²) in [5.74, 6) is -4.49. The minimum absolute atomic E-state index is 0.170. The van der Waals surface area contributed by atoms with Gasteiger partial charge in [-0.05, 0) is 53.9 Å². The third-order valence-electron chi connectivity index (χ3n) is 8.59. The van der Waals surface area contributed by atoms with Crippen LogP contribution in [0.4, 0.5) is 5.69 Å². The summed E-state index contributed by atoms with van der Waals surface area (Å²) in [6, 6.07) is 11.9. The molecule has 52 heavy (non-hydrogen) atoms. The fraction of sp³-hybridized carbons (Fsp3) is 0.541. The molecule has 0 radical (unpaired) electrons. The van der Waals surface area contributed by atoms with Crippen molar-refractivity contribution in [2.45, 2.75) is 97.8 Å². The van der Waals surface area contributed by atoms with E-state index >= 15 is 0 Å². The number of amides is 4. The molecule has 0 saturated carbocycles. The van der Waals surface area contributed by atoms with Gasteiger partial charge in [-0.2, -0.15) is 0 Å². The van der Waals surface area contributed by atoms with Crippen LogP contribution in [0, 0.1) is 17.8 Å². The van der Waals surface area contributed by atoms with E-state index in [4.69, 9.17) is 10.5 Å². The largest absolute Gasteiger partial charge is 0.467 e. The number of nitrogens with one attached hydrogen (secondary N) is 4. The molecule has 0 aliphatic heterocycles. The molecule has 0 saturated heterocycles. The van der Waals surface area contributed by atoms with E-state index in [9.17, 15) is 32.4 Å². The Morgan fingerprint density at radius 1 is 0.846 bits per heavy atom. The topological polar surface area (TPSA) is 206 Å². The van der Waals surface area contributed by atoms with Gasteiger partial charge in [0, 0.05) is 18.2 Å². The molecule has 0 bridgehead atoms. The first kappa shape index (κ1) is 43.7. The Hall–Kier alpha value is -4.50. The second-order valence-corrected chi connectivity index (χ2v) is 15.6. The fourth-order valence-electron chi connectivity index (χ4n) is 5.52. The van der Waals surface area contributed by atoms with Crippen molar-refractivity contribution in [2.24, 2.45) is 23.5 Å². The summed E-state index contributed by atoms with van der Waals surface area (Å²) in [5, 5.41) is 6.43. The highest BCUT2D eigenvalue weighted by Gasteiger charge is 2.39. The van der Waals surface area contributed by atoms with E-state index in [1.807, 2.05) is 37.3 Å². The maximum atomic E-state index is 14.1. The highest BCUT2D eigenvalue weighted by molar-refractivity contribution is 7.92. The first-order valence-corrected chi connectivity index (χ1v) is 19.4. The van der Waals surface area contributed by atoms with Gasteiger partial charge in [-0.15, -0.1) is 0 Å². The number of sulfonamides is 1. The number of methoxy groups -OCH3 is 1. The Labute approximate surface area is 308 Å². The molecule has 0 heterocycles. The molecule has 14 nitrogen and oxygen atoms in total. The van der Waals surface area contributed by atoms with E-state index in [2.05, 4.69) is 20.8 Å². The predicted octanol–water partition coefficient (Wildman–Crippen LogP) is 2.68. The first-order valence-electron chi connectivity index (χ1n) is 17.5. The predicted molar refractivity (Wildman–Crippen MR) is 200 cm³/mol. The molecule has 2 aromatic rings. The van der Waals surface area contributed by atoms with E-state index in [0.717, 1.165) is 16.8 Å². The number of nitrogens with two attached hydrogens (primary N) is 1. The molecule has 15 heteroatoms. The number of carbonyl (C=O) groups is 5. The minimum atomic E-state index is -3.54. The molecular formula is C37H56N6O8S. The number of ether oxygens (including phenoxy) is 1. The average molecular weight is 745 g/mol. The number of hydrogen-bond acceptors (Lipinski definition) is 9. The van der Waals surface area contributed by atoms with E-state index in [1.54, 1.807) is 52.8 Å². The number of nitrogens with zero attached hydrogens (tertiary/aromatic N) is 1. The molecule has 0 aliphatic rings. The minimum Gasteiger partial charge on any atom is -0.467 e. The van der Waals surface area contributed by atoms with Crippen molar-refractivity contribution in [3.8, 4) is 0 Å². The molecule has 2 aromatic carbocycles. The standard InChI is InChI=1S/C37H56N6O8S/c1-9-25(6)34(36(47)40-33(24(4)5)37(48)51-7)43(31(45)22-28(38)19-18-26-14-11-10-12-15-26)41-35(46)32(23(2)3)39-30(44)21-27-16-13-17-29(20-27)42-52(8,49)50/h10-17,20,23-25,28,32-34,42H,9,18-19,21-22,38H2,1-8H3,(H,39,44)(H,40,47)(H,41,46)/t25-,28-,32-,33-,34-/m0/s1. The first-order chi connectivity index (χ1) is 24.4. The number of esters is 1. The average Bonchev–Trinajstić information content (AvgIpc) is 3.07. The van der Waals surface area contributed by atoms with Crippen LogP contribution in [0.5, 0.6) is 0 Å². The van der Waals surface area contributed by atoms with Crippen LogP contribution in [0.15, 0.2) is 54.6 Å². The SMILES string of the molecule is CC[C@H](C)[C@@H](C(=O)N[C@H](C(=O)OC)C(C)C)N(NC(=O)[C@@H](NC(=O)Cc1cccc(NS(C)(=O)=O)c1)C(C)C)C(=O)C[C@@H](N)CCc1ccccc1. The lowest BCUT2D eigenvalue weighted by atomic mass is 9.95. The number of anilines is 1.